The van der Waals surface area contributed by atoms with Gasteiger partial charge in [0.2, 0.25) is 5.13 Å². The molecular weight excluding hydrogens is 402 g/mol. The van der Waals surface area contributed by atoms with Crippen LogP contribution in [0.2, 0.25) is 0 Å². The lowest BCUT2D eigenvalue weighted by Crippen LogP contribution is -2.12. The van der Waals surface area contributed by atoms with Crippen LogP contribution in [0.15, 0.2) is 58.4 Å². The molecule has 0 unspecified atom stereocenters. The number of anilines is 1. The molecule has 1 N–H and O–H groups in total. The second-order valence-electron chi connectivity index (χ2n) is 5.56. The molecule has 28 heavy (non-hydrogen) atoms. The molecule has 2 aromatic carbocycles. The zero-order chi connectivity index (χ0) is 20.1. The molecule has 0 radical (unpaired) electrons. The van der Waals surface area contributed by atoms with Gasteiger partial charge < -0.3 is 0 Å². The van der Waals surface area contributed by atoms with E-state index in [1.54, 1.807) is 30.5 Å². The summed E-state index contributed by atoms with van der Waals surface area (Å²) in [5, 5.41) is 19.3. The second-order valence-corrected chi connectivity index (χ2v) is 8.31. The number of nitro groups is 1. The Morgan fingerprint density at radius 2 is 1.82 bits per heavy atom. The molecule has 144 valence electrons. The molecule has 0 aliphatic rings. The number of benzene rings is 2. The van der Waals surface area contributed by atoms with E-state index in [0.29, 0.717) is 17.7 Å². The fourth-order valence-corrected chi connectivity index (χ4v) is 4.06. The zero-order valence-corrected chi connectivity index (χ0v) is 16.3. The van der Waals surface area contributed by atoms with E-state index in [9.17, 15) is 18.5 Å². The first-order valence-electron chi connectivity index (χ1n) is 8.11. The molecule has 0 atom stereocenters. The van der Waals surface area contributed by atoms with Crippen molar-refractivity contribution in [3.8, 4) is 0 Å². The van der Waals surface area contributed by atoms with Gasteiger partial charge in [0, 0.05) is 18.3 Å². The first-order chi connectivity index (χ1) is 13.4. The SMILES string of the molecule is CCc1nnc(NS(=O)(=O)c2ccc(N=Cc3ccc([N+](=O)[O-])cc3)cc2)s1. The third kappa shape index (κ3) is 4.75. The number of aromatic nitrogens is 2. The van der Waals surface area contributed by atoms with Gasteiger partial charge in [0.05, 0.1) is 15.5 Å². The van der Waals surface area contributed by atoms with Gasteiger partial charge in [-0.25, -0.2) is 8.42 Å². The van der Waals surface area contributed by atoms with Gasteiger partial charge in [0.1, 0.15) is 5.01 Å². The van der Waals surface area contributed by atoms with E-state index in [1.807, 2.05) is 6.92 Å². The van der Waals surface area contributed by atoms with E-state index in [1.165, 1.54) is 35.6 Å². The second kappa shape index (κ2) is 8.23. The summed E-state index contributed by atoms with van der Waals surface area (Å²) in [5.41, 5.74) is 1.23. The maximum atomic E-state index is 12.4. The molecule has 0 aliphatic carbocycles. The largest absolute Gasteiger partial charge is 0.269 e. The number of hydrogen-bond acceptors (Lipinski definition) is 8. The Balaban J connectivity index is 1.70. The maximum Gasteiger partial charge on any atom is 0.269 e. The number of non-ortho nitro benzene ring substituents is 1. The quantitative estimate of drug-likeness (QED) is 0.356. The molecule has 0 bridgehead atoms. The van der Waals surface area contributed by atoms with Crippen molar-refractivity contribution in [1.29, 1.82) is 0 Å². The van der Waals surface area contributed by atoms with E-state index >= 15 is 0 Å². The van der Waals surface area contributed by atoms with Crippen LogP contribution in [0.3, 0.4) is 0 Å². The number of aliphatic imine (C=N–C) groups is 1. The summed E-state index contributed by atoms with van der Waals surface area (Å²) in [6, 6.07) is 11.9. The predicted molar refractivity (Wildman–Crippen MR) is 107 cm³/mol. The number of rotatable bonds is 7. The van der Waals surface area contributed by atoms with Gasteiger partial charge in [-0.15, -0.1) is 10.2 Å². The van der Waals surface area contributed by atoms with Crippen LogP contribution < -0.4 is 4.72 Å². The monoisotopic (exact) mass is 417 g/mol. The molecule has 3 aromatic rings. The van der Waals surface area contributed by atoms with Crippen LogP contribution in [-0.2, 0) is 16.4 Å². The maximum absolute atomic E-state index is 12.4. The average molecular weight is 417 g/mol. The Hall–Kier alpha value is -3.18. The van der Waals surface area contributed by atoms with Crippen LogP contribution in [0.1, 0.15) is 17.5 Å². The molecule has 3 rings (SSSR count). The van der Waals surface area contributed by atoms with Gasteiger partial charge in [-0.2, -0.15) is 0 Å². The Morgan fingerprint density at radius 3 is 2.39 bits per heavy atom. The molecule has 0 spiro atoms. The highest BCUT2D eigenvalue weighted by molar-refractivity contribution is 7.93. The van der Waals surface area contributed by atoms with E-state index in [2.05, 4.69) is 19.9 Å². The van der Waals surface area contributed by atoms with Crippen molar-refractivity contribution in [2.75, 3.05) is 4.72 Å². The summed E-state index contributed by atoms with van der Waals surface area (Å²) in [6.07, 6.45) is 2.22. The normalized spacial score (nSPS) is 11.6. The molecule has 1 heterocycles. The standard InChI is InChI=1S/C17H15N5O4S2/c1-2-16-19-20-17(27-16)21-28(25,26)15-9-5-13(6-10-15)18-11-12-3-7-14(8-4-12)22(23)24/h3-11H,2H2,1H3,(H,20,21). The van der Waals surface area contributed by atoms with Crippen molar-refractivity contribution >= 4 is 44.1 Å². The lowest BCUT2D eigenvalue weighted by Gasteiger charge is -2.04. The smallest absolute Gasteiger partial charge is 0.258 e. The fraction of sp³-hybridized carbons (Fsp3) is 0.118. The number of nitrogens with one attached hydrogen (secondary N) is 1. The van der Waals surface area contributed by atoms with Gasteiger partial charge in [-0.05, 0) is 48.4 Å². The third-order valence-electron chi connectivity index (χ3n) is 3.60. The predicted octanol–water partition coefficient (Wildman–Crippen LogP) is 3.56. The van der Waals surface area contributed by atoms with Crippen molar-refractivity contribution in [2.24, 2.45) is 4.99 Å². The van der Waals surface area contributed by atoms with Gasteiger partial charge in [-0.1, -0.05) is 18.3 Å². The molecule has 11 heteroatoms. The minimum absolute atomic E-state index is 0.000646. The third-order valence-corrected chi connectivity index (χ3v) is 6.07. The van der Waals surface area contributed by atoms with Gasteiger partial charge >= 0.3 is 0 Å². The van der Waals surface area contributed by atoms with Crippen molar-refractivity contribution in [2.45, 2.75) is 18.2 Å². The van der Waals surface area contributed by atoms with Gasteiger partial charge in [-0.3, -0.25) is 19.8 Å². The van der Waals surface area contributed by atoms with E-state index in [4.69, 9.17) is 0 Å². The number of hydrogen-bond donors (Lipinski definition) is 1. The van der Waals surface area contributed by atoms with Crippen molar-refractivity contribution < 1.29 is 13.3 Å². The van der Waals surface area contributed by atoms with Crippen LogP contribution in [0.5, 0.6) is 0 Å². The van der Waals surface area contributed by atoms with Crippen LogP contribution >= 0.6 is 11.3 Å². The van der Waals surface area contributed by atoms with E-state index in [0.717, 1.165) is 5.01 Å². The number of aryl methyl sites for hydroxylation is 1. The Labute approximate surface area is 165 Å². The molecule has 1 aromatic heterocycles. The first kappa shape index (κ1) is 19.6. The fourth-order valence-electron chi connectivity index (χ4n) is 2.15. The van der Waals surface area contributed by atoms with Crippen molar-refractivity contribution in [3.05, 3.63) is 69.2 Å². The highest BCUT2D eigenvalue weighted by Gasteiger charge is 2.16. The number of nitrogens with zero attached hydrogens (tertiary/aromatic N) is 4. The Bertz CT molecular complexity index is 1110. The van der Waals surface area contributed by atoms with Crippen LogP contribution in [0.25, 0.3) is 0 Å². The lowest BCUT2D eigenvalue weighted by atomic mass is 10.2. The average Bonchev–Trinajstić information content (AvgIpc) is 3.14. The highest BCUT2D eigenvalue weighted by atomic mass is 32.2. The molecule has 0 aliphatic heterocycles. The summed E-state index contributed by atoms with van der Waals surface area (Å²) < 4.78 is 27.2. The molecule has 0 amide bonds. The Kier molecular flexibility index (Phi) is 5.76. The summed E-state index contributed by atoms with van der Waals surface area (Å²) in [4.78, 5) is 14.5. The van der Waals surface area contributed by atoms with Crippen LogP contribution in [0.4, 0.5) is 16.5 Å². The molecule has 0 saturated carbocycles. The van der Waals surface area contributed by atoms with Crippen LogP contribution in [-0.4, -0.2) is 29.8 Å². The van der Waals surface area contributed by atoms with Gasteiger partial charge in [0.25, 0.3) is 15.7 Å². The van der Waals surface area contributed by atoms with Crippen molar-refractivity contribution in [3.63, 3.8) is 0 Å². The molecule has 0 fully saturated rings. The topological polar surface area (TPSA) is 127 Å². The Morgan fingerprint density at radius 1 is 1.14 bits per heavy atom. The lowest BCUT2D eigenvalue weighted by molar-refractivity contribution is -0.384. The summed E-state index contributed by atoms with van der Waals surface area (Å²) >= 11 is 1.19. The minimum atomic E-state index is -3.76. The summed E-state index contributed by atoms with van der Waals surface area (Å²) in [7, 11) is -3.76. The molecular formula is C17H15N5O4S2. The molecule has 9 nitrogen and oxygen atoms in total. The summed E-state index contributed by atoms with van der Waals surface area (Å²) in [5.74, 6) is 0. The number of nitro benzene ring substituents is 1. The zero-order valence-electron chi connectivity index (χ0n) is 14.6. The first-order valence-corrected chi connectivity index (χ1v) is 10.4. The van der Waals surface area contributed by atoms with Gasteiger partial charge in [0.15, 0.2) is 0 Å². The van der Waals surface area contributed by atoms with Crippen molar-refractivity contribution in [1.82, 2.24) is 10.2 Å². The number of sulfonamides is 1. The van der Waals surface area contributed by atoms with Crippen LogP contribution in [0, 0.1) is 10.1 Å². The minimum Gasteiger partial charge on any atom is -0.258 e. The highest BCUT2D eigenvalue weighted by Crippen LogP contribution is 2.22. The summed E-state index contributed by atoms with van der Waals surface area (Å²) in [6.45, 7) is 1.91. The van der Waals surface area contributed by atoms with E-state index < -0.39 is 14.9 Å². The van der Waals surface area contributed by atoms with E-state index in [-0.39, 0.29) is 15.7 Å². The molecule has 0 saturated heterocycles.